The lowest BCUT2D eigenvalue weighted by Gasteiger charge is -2.27. The second-order valence-electron chi connectivity index (χ2n) is 6.59. The molecule has 2 atom stereocenters. The Hall–Kier alpha value is -2.08. The third-order valence-corrected chi connectivity index (χ3v) is 5.03. The van der Waals surface area contributed by atoms with Crippen LogP contribution in [0.2, 0.25) is 0 Å². The first-order valence-electron chi connectivity index (χ1n) is 9.16. The SMILES string of the molecule is CCN(CC)c1ccc(NC(=O)C2CC2C(=O)N2CCOCC2)cc1. The number of carbonyl (C=O) groups is 2. The van der Waals surface area contributed by atoms with Crippen LogP contribution >= 0.6 is 0 Å². The van der Waals surface area contributed by atoms with Gasteiger partial charge in [0.1, 0.15) is 0 Å². The van der Waals surface area contributed by atoms with Crippen molar-refractivity contribution in [1.82, 2.24) is 4.90 Å². The van der Waals surface area contributed by atoms with Crippen LogP contribution in [0.4, 0.5) is 11.4 Å². The van der Waals surface area contributed by atoms with Crippen LogP contribution in [0.15, 0.2) is 24.3 Å². The minimum absolute atomic E-state index is 0.0535. The van der Waals surface area contributed by atoms with Gasteiger partial charge in [-0.05, 0) is 44.5 Å². The molecule has 6 nitrogen and oxygen atoms in total. The second-order valence-corrected chi connectivity index (χ2v) is 6.59. The zero-order chi connectivity index (χ0) is 17.8. The average Bonchev–Trinajstić information content (AvgIpc) is 3.45. The summed E-state index contributed by atoms with van der Waals surface area (Å²) in [7, 11) is 0. The second kappa shape index (κ2) is 7.87. The van der Waals surface area contributed by atoms with Gasteiger partial charge in [0, 0.05) is 37.6 Å². The summed E-state index contributed by atoms with van der Waals surface area (Å²) in [5, 5.41) is 2.94. The lowest BCUT2D eigenvalue weighted by Crippen LogP contribution is -2.42. The molecule has 25 heavy (non-hydrogen) atoms. The number of hydrogen-bond acceptors (Lipinski definition) is 4. The molecule has 1 N–H and O–H groups in total. The van der Waals surface area contributed by atoms with E-state index in [2.05, 4.69) is 24.1 Å². The molecule has 1 aliphatic heterocycles. The van der Waals surface area contributed by atoms with Crippen molar-refractivity contribution in [3.8, 4) is 0 Å². The number of morpholine rings is 1. The highest BCUT2D eigenvalue weighted by Gasteiger charge is 2.49. The molecule has 1 aromatic carbocycles. The van der Waals surface area contributed by atoms with Crippen molar-refractivity contribution in [1.29, 1.82) is 0 Å². The summed E-state index contributed by atoms with van der Waals surface area (Å²) in [6, 6.07) is 7.89. The zero-order valence-electron chi connectivity index (χ0n) is 15.0. The number of carbonyl (C=O) groups excluding carboxylic acids is 2. The normalized spacial score (nSPS) is 22.4. The van der Waals surface area contributed by atoms with Crippen LogP contribution in [-0.4, -0.2) is 56.1 Å². The summed E-state index contributed by atoms with van der Waals surface area (Å²) in [5.74, 6) is -0.312. The highest BCUT2D eigenvalue weighted by atomic mass is 16.5. The molecule has 0 radical (unpaired) electrons. The number of benzene rings is 1. The first kappa shape index (κ1) is 17.7. The van der Waals surface area contributed by atoms with Crippen molar-refractivity contribution in [3.05, 3.63) is 24.3 Å². The fourth-order valence-electron chi connectivity index (χ4n) is 3.36. The third-order valence-electron chi connectivity index (χ3n) is 5.03. The summed E-state index contributed by atoms with van der Waals surface area (Å²) in [5.41, 5.74) is 1.93. The van der Waals surface area contributed by atoms with Gasteiger partial charge in [-0.25, -0.2) is 0 Å². The Bertz CT molecular complexity index is 607. The summed E-state index contributed by atoms with van der Waals surface area (Å²) in [4.78, 5) is 28.9. The summed E-state index contributed by atoms with van der Waals surface area (Å²) >= 11 is 0. The first-order chi connectivity index (χ1) is 12.1. The van der Waals surface area contributed by atoms with Crippen molar-refractivity contribution >= 4 is 23.2 Å². The van der Waals surface area contributed by atoms with E-state index < -0.39 is 0 Å². The van der Waals surface area contributed by atoms with E-state index in [1.807, 2.05) is 29.2 Å². The highest BCUT2D eigenvalue weighted by Crippen LogP contribution is 2.41. The maximum absolute atomic E-state index is 12.4. The number of hydrogen-bond donors (Lipinski definition) is 1. The maximum Gasteiger partial charge on any atom is 0.228 e. The summed E-state index contributed by atoms with van der Waals surface area (Å²) in [6.45, 7) is 8.61. The molecule has 2 unspecified atom stereocenters. The van der Waals surface area contributed by atoms with Crippen LogP contribution in [0.3, 0.4) is 0 Å². The van der Waals surface area contributed by atoms with Crippen molar-refractivity contribution in [2.24, 2.45) is 11.8 Å². The van der Waals surface area contributed by atoms with Crippen LogP contribution in [0.1, 0.15) is 20.3 Å². The Morgan fingerprint density at radius 2 is 1.76 bits per heavy atom. The summed E-state index contributed by atoms with van der Waals surface area (Å²) in [6.07, 6.45) is 0.652. The molecule has 1 aliphatic carbocycles. The van der Waals surface area contributed by atoms with Gasteiger partial charge in [0.2, 0.25) is 11.8 Å². The van der Waals surface area contributed by atoms with Crippen LogP contribution in [-0.2, 0) is 14.3 Å². The molecule has 0 bridgehead atoms. The number of ether oxygens (including phenoxy) is 1. The van der Waals surface area contributed by atoms with Gasteiger partial charge in [-0.3, -0.25) is 9.59 Å². The van der Waals surface area contributed by atoms with Gasteiger partial charge in [0.25, 0.3) is 0 Å². The minimum atomic E-state index is -0.196. The van der Waals surface area contributed by atoms with E-state index in [0.29, 0.717) is 32.7 Å². The largest absolute Gasteiger partial charge is 0.378 e. The Morgan fingerprint density at radius 3 is 2.36 bits per heavy atom. The van der Waals surface area contributed by atoms with Crippen LogP contribution in [0, 0.1) is 11.8 Å². The predicted octanol–water partition coefficient (Wildman–Crippen LogP) is 1.97. The molecule has 3 rings (SSSR count). The fourth-order valence-corrected chi connectivity index (χ4v) is 3.36. The number of nitrogens with one attached hydrogen (secondary N) is 1. The smallest absolute Gasteiger partial charge is 0.228 e. The molecule has 6 heteroatoms. The average molecular weight is 345 g/mol. The Labute approximate surface area is 149 Å². The van der Waals surface area contributed by atoms with E-state index in [0.717, 1.165) is 24.5 Å². The molecule has 2 aliphatic rings. The maximum atomic E-state index is 12.4. The summed E-state index contributed by atoms with van der Waals surface area (Å²) < 4.78 is 5.27. The highest BCUT2D eigenvalue weighted by molar-refractivity contribution is 5.99. The van der Waals surface area contributed by atoms with Crippen LogP contribution in [0.25, 0.3) is 0 Å². The molecule has 2 fully saturated rings. The molecule has 0 aromatic heterocycles. The molecule has 1 aromatic rings. The van der Waals surface area contributed by atoms with Crippen molar-refractivity contribution < 1.29 is 14.3 Å². The Kier molecular flexibility index (Phi) is 5.58. The number of amides is 2. The fraction of sp³-hybridized carbons (Fsp3) is 0.579. The van der Waals surface area contributed by atoms with Gasteiger partial charge >= 0.3 is 0 Å². The Balaban J connectivity index is 1.52. The lowest BCUT2D eigenvalue weighted by molar-refractivity contribution is -0.137. The lowest BCUT2D eigenvalue weighted by atomic mass is 10.2. The van der Waals surface area contributed by atoms with Crippen molar-refractivity contribution in [3.63, 3.8) is 0 Å². The molecule has 0 spiro atoms. The van der Waals surface area contributed by atoms with E-state index in [1.54, 1.807) is 0 Å². The van der Waals surface area contributed by atoms with Crippen LogP contribution < -0.4 is 10.2 Å². The minimum Gasteiger partial charge on any atom is -0.378 e. The topological polar surface area (TPSA) is 61.9 Å². The van der Waals surface area contributed by atoms with E-state index in [-0.39, 0.29) is 23.7 Å². The van der Waals surface area contributed by atoms with Gasteiger partial charge in [-0.1, -0.05) is 0 Å². The van der Waals surface area contributed by atoms with E-state index in [9.17, 15) is 9.59 Å². The molecule has 2 amide bonds. The quantitative estimate of drug-likeness (QED) is 0.856. The number of rotatable bonds is 6. The van der Waals surface area contributed by atoms with E-state index in [1.165, 1.54) is 0 Å². The monoisotopic (exact) mass is 345 g/mol. The Morgan fingerprint density at radius 1 is 1.12 bits per heavy atom. The molecular weight excluding hydrogens is 318 g/mol. The molecule has 1 saturated heterocycles. The van der Waals surface area contributed by atoms with Crippen molar-refractivity contribution in [2.45, 2.75) is 20.3 Å². The van der Waals surface area contributed by atoms with Gasteiger partial charge in [-0.2, -0.15) is 0 Å². The predicted molar refractivity (Wildman–Crippen MR) is 97.6 cm³/mol. The number of nitrogens with zero attached hydrogens (tertiary/aromatic N) is 2. The molecule has 1 saturated carbocycles. The molecule has 136 valence electrons. The van der Waals surface area contributed by atoms with Gasteiger partial charge in [0.15, 0.2) is 0 Å². The number of anilines is 2. The first-order valence-corrected chi connectivity index (χ1v) is 9.16. The zero-order valence-corrected chi connectivity index (χ0v) is 15.0. The van der Waals surface area contributed by atoms with Gasteiger partial charge in [-0.15, -0.1) is 0 Å². The van der Waals surface area contributed by atoms with Gasteiger partial charge in [0.05, 0.1) is 25.0 Å². The van der Waals surface area contributed by atoms with Crippen molar-refractivity contribution in [2.75, 3.05) is 49.6 Å². The van der Waals surface area contributed by atoms with Gasteiger partial charge < -0.3 is 19.9 Å². The van der Waals surface area contributed by atoms with Crippen LogP contribution in [0.5, 0.6) is 0 Å². The molecular formula is C19H27N3O3. The van der Waals surface area contributed by atoms with E-state index >= 15 is 0 Å². The third kappa shape index (κ3) is 4.12. The molecule has 1 heterocycles. The standard InChI is InChI=1S/C19H27N3O3/c1-3-21(4-2)15-7-5-14(6-8-15)20-18(23)16-13-17(16)19(24)22-9-11-25-12-10-22/h5-8,16-17H,3-4,9-13H2,1-2H3,(H,20,23). The van der Waals surface area contributed by atoms with E-state index in [4.69, 9.17) is 4.74 Å².